The van der Waals surface area contributed by atoms with Crippen molar-refractivity contribution in [3.8, 4) is 0 Å². The van der Waals surface area contributed by atoms with Crippen molar-refractivity contribution in [1.29, 1.82) is 0 Å². The molecule has 0 radical (unpaired) electrons. The smallest absolute Gasteiger partial charge is 0.303 e. The summed E-state index contributed by atoms with van der Waals surface area (Å²) in [6.07, 6.45) is 3.54. The zero-order chi connectivity index (χ0) is 11.8. The molecule has 0 heterocycles. The predicted molar refractivity (Wildman–Crippen MR) is 62.7 cm³/mol. The number of hydrogen-bond donors (Lipinski definition) is 2. The second-order valence-electron chi connectivity index (χ2n) is 5.01. The number of aliphatic carboxylic acids is 1. The largest absolute Gasteiger partial charge is 0.481 e. The Bertz CT molecular complexity index is 180. The first-order valence-corrected chi connectivity index (χ1v) is 5.87. The van der Waals surface area contributed by atoms with Crippen molar-refractivity contribution in [1.82, 2.24) is 0 Å². The van der Waals surface area contributed by atoms with Crippen molar-refractivity contribution in [2.75, 3.05) is 6.54 Å². The van der Waals surface area contributed by atoms with Crippen LogP contribution in [0.1, 0.15) is 46.5 Å². The van der Waals surface area contributed by atoms with E-state index in [1.807, 2.05) is 0 Å². The van der Waals surface area contributed by atoms with Gasteiger partial charge in [0, 0.05) is 6.42 Å². The number of carboxylic acid groups (broad SMARTS) is 1. The van der Waals surface area contributed by atoms with Gasteiger partial charge in [0.25, 0.3) is 0 Å². The molecule has 0 aliphatic carbocycles. The lowest BCUT2D eigenvalue weighted by Crippen LogP contribution is -2.20. The first kappa shape index (κ1) is 14.4. The van der Waals surface area contributed by atoms with E-state index in [1.165, 1.54) is 12.8 Å². The van der Waals surface area contributed by atoms with Gasteiger partial charge >= 0.3 is 5.97 Å². The molecule has 0 aromatic carbocycles. The van der Waals surface area contributed by atoms with E-state index in [2.05, 4.69) is 20.8 Å². The van der Waals surface area contributed by atoms with Crippen LogP contribution in [0.2, 0.25) is 0 Å². The molecule has 0 aliphatic heterocycles. The van der Waals surface area contributed by atoms with Crippen molar-refractivity contribution >= 4 is 5.97 Å². The highest BCUT2D eigenvalue weighted by atomic mass is 16.4. The molecule has 3 nitrogen and oxygen atoms in total. The van der Waals surface area contributed by atoms with Gasteiger partial charge in [0.05, 0.1) is 0 Å². The molecule has 0 unspecified atom stereocenters. The standard InChI is InChI=1S/C12H25NO2/c1-9(2)4-5-10(3)6-11(8-13)7-12(14)15/h9-11H,4-8,13H2,1-3H3,(H,14,15)/t10-,11+/m1/s1. The summed E-state index contributed by atoms with van der Waals surface area (Å²) in [6.45, 7) is 7.10. The first-order chi connectivity index (χ1) is 6.95. The third-order valence-electron chi connectivity index (χ3n) is 2.77. The maximum atomic E-state index is 10.6. The summed E-state index contributed by atoms with van der Waals surface area (Å²) < 4.78 is 0. The molecule has 0 saturated carbocycles. The maximum Gasteiger partial charge on any atom is 0.303 e. The summed E-state index contributed by atoms with van der Waals surface area (Å²) >= 11 is 0. The van der Waals surface area contributed by atoms with E-state index in [1.54, 1.807) is 0 Å². The van der Waals surface area contributed by atoms with Crippen molar-refractivity contribution < 1.29 is 9.90 Å². The fourth-order valence-electron chi connectivity index (χ4n) is 1.81. The Morgan fingerprint density at radius 1 is 1.27 bits per heavy atom. The molecule has 0 fully saturated rings. The lowest BCUT2D eigenvalue weighted by molar-refractivity contribution is -0.138. The zero-order valence-electron chi connectivity index (χ0n) is 10.2. The summed E-state index contributed by atoms with van der Waals surface area (Å²) in [5, 5.41) is 8.69. The molecule has 0 rings (SSSR count). The maximum absolute atomic E-state index is 10.6. The minimum absolute atomic E-state index is 0.143. The van der Waals surface area contributed by atoms with Gasteiger partial charge in [-0.15, -0.1) is 0 Å². The molecule has 3 N–H and O–H groups in total. The van der Waals surface area contributed by atoms with E-state index in [4.69, 9.17) is 10.8 Å². The number of nitrogens with two attached hydrogens (primary N) is 1. The highest BCUT2D eigenvalue weighted by Gasteiger charge is 2.15. The summed E-state index contributed by atoms with van der Waals surface area (Å²) in [6, 6.07) is 0. The normalized spacial score (nSPS) is 15.3. The highest BCUT2D eigenvalue weighted by Crippen LogP contribution is 2.20. The molecule has 90 valence electrons. The minimum atomic E-state index is -0.735. The molecule has 0 spiro atoms. The summed E-state index contributed by atoms with van der Waals surface area (Å²) in [5.74, 6) is 0.717. The molecule has 0 aromatic rings. The van der Waals surface area contributed by atoms with E-state index in [0.717, 1.165) is 12.3 Å². The molecule has 3 heteroatoms. The Morgan fingerprint density at radius 2 is 1.87 bits per heavy atom. The van der Waals surface area contributed by atoms with Crippen LogP contribution in [-0.4, -0.2) is 17.6 Å². The number of hydrogen-bond acceptors (Lipinski definition) is 2. The average molecular weight is 215 g/mol. The molecular weight excluding hydrogens is 190 g/mol. The van der Waals surface area contributed by atoms with Crippen molar-refractivity contribution in [3.63, 3.8) is 0 Å². The van der Waals surface area contributed by atoms with Crippen LogP contribution < -0.4 is 5.73 Å². The second-order valence-corrected chi connectivity index (χ2v) is 5.01. The van der Waals surface area contributed by atoms with E-state index >= 15 is 0 Å². The Kier molecular flexibility index (Phi) is 7.39. The monoisotopic (exact) mass is 215 g/mol. The Balaban J connectivity index is 3.79. The van der Waals surface area contributed by atoms with Crippen LogP contribution in [0.25, 0.3) is 0 Å². The minimum Gasteiger partial charge on any atom is -0.481 e. The van der Waals surface area contributed by atoms with Gasteiger partial charge in [-0.3, -0.25) is 4.79 Å². The molecule has 0 amide bonds. The van der Waals surface area contributed by atoms with Crippen molar-refractivity contribution in [2.45, 2.75) is 46.5 Å². The van der Waals surface area contributed by atoms with Crippen molar-refractivity contribution in [2.24, 2.45) is 23.5 Å². The van der Waals surface area contributed by atoms with Gasteiger partial charge in [-0.25, -0.2) is 0 Å². The van der Waals surface area contributed by atoms with Gasteiger partial charge in [0.2, 0.25) is 0 Å². The number of carbonyl (C=O) groups is 1. The fraction of sp³-hybridized carbons (Fsp3) is 0.917. The molecule has 0 aromatic heterocycles. The lowest BCUT2D eigenvalue weighted by Gasteiger charge is -2.18. The van der Waals surface area contributed by atoms with Crippen LogP contribution in [0.15, 0.2) is 0 Å². The Hall–Kier alpha value is -0.570. The summed E-state index contributed by atoms with van der Waals surface area (Å²) in [7, 11) is 0. The van der Waals surface area contributed by atoms with E-state index in [0.29, 0.717) is 12.5 Å². The van der Waals surface area contributed by atoms with Gasteiger partial charge in [-0.05, 0) is 30.7 Å². The topological polar surface area (TPSA) is 63.3 Å². The Labute approximate surface area is 93.0 Å². The van der Waals surface area contributed by atoms with Crippen LogP contribution in [0.3, 0.4) is 0 Å². The highest BCUT2D eigenvalue weighted by molar-refractivity contribution is 5.67. The van der Waals surface area contributed by atoms with Crippen LogP contribution in [-0.2, 0) is 4.79 Å². The molecule has 0 saturated heterocycles. The fourth-order valence-corrected chi connectivity index (χ4v) is 1.81. The van der Waals surface area contributed by atoms with E-state index in [9.17, 15) is 4.79 Å². The van der Waals surface area contributed by atoms with E-state index < -0.39 is 5.97 Å². The predicted octanol–water partition coefficient (Wildman–Crippen LogP) is 2.50. The Morgan fingerprint density at radius 3 is 2.27 bits per heavy atom. The molecule has 15 heavy (non-hydrogen) atoms. The molecule has 0 aliphatic rings. The SMILES string of the molecule is CC(C)CC[C@@H](C)C[C@H](CN)CC(=O)O. The third-order valence-corrected chi connectivity index (χ3v) is 2.77. The van der Waals surface area contributed by atoms with E-state index in [-0.39, 0.29) is 12.3 Å². The van der Waals surface area contributed by atoms with Gasteiger partial charge in [0.1, 0.15) is 0 Å². The van der Waals surface area contributed by atoms with Crippen molar-refractivity contribution in [3.05, 3.63) is 0 Å². The van der Waals surface area contributed by atoms with Crippen LogP contribution >= 0.6 is 0 Å². The third kappa shape index (κ3) is 8.43. The molecular formula is C12H25NO2. The molecule has 2 atom stereocenters. The van der Waals surface area contributed by atoms with Crippen LogP contribution in [0.5, 0.6) is 0 Å². The summed E-state index contributed by atoms with van der Waals surface area (Å²) in [5.41, 5.74) is 5.56. The number of carboxylic acids is 1. The van der Waals surface area contributed by atoms with Gasteiger partial charge in [-0.1, -0.05) is 33.6 Å². The average Bonchev–Trinajstić information content (AvgIpc) is 2.13. The molecule has 0 bridgehead atoms. The zero-order valence-corrected chi connectivity index (χ0v) is 10.2. The quantitative estimate of drug-likeness (QED) is 0.654. The summed E-state index contributed by atoms with van der Waals surface area (Å²) in [4.78, 5) is 10.6. The lowest BCUT2D eigenvalue weighted by atomic mass is 9.89. The van der Waals surface area contributed by atoms with Crippen LogP contribution in [0.4, 0.5) is 0 Å². The van der Waals surface area contributed by atoms with Gasteiger partial charge in [-0.2, -0.15) is 0 Å². The number of rotatable bonds is 8. The van der Waals surface area contributed by atoms with Gasteiger partial charge < -0.3 is 10.8 Å². The second kappa shape index (κ2) is 7.69. The first-order valence-electron chi connectivity index (χ1n) is 5.87. The van der Waals surface area contributed by atoms with Gasteiger partial charge in [0.15, 0.2) is 0 Å². The van der Waals surface area contributed by atoms with Crippen LogP contribution in [0, 0.1) is 17.8 Å².